The second kappa shape index (κ2) is 50.4. The monoisotopic (exact) mass is 877 g/mol. The molecule has 0 aliphatic heterocycles. The summed E-state index contributed by atoms with van der Waals surface area (Å²) in [6, 6.07) is 0. The van der Waals surface area contributed by atoms with Crippen molar-refractivity contribution < 1.29 is 28.6 Å². The third-order valence-electron chi connectivity index (χ3n) is 12.8. The van der Waals surface area contributed by atoms with E-state index in [1.807, 2.05) is 0 Å². The second-order valence-corrected chi connectivity index (χ2v) is 19.7. The van der Waals surface area contributed by atoms with E-state index < -0.39 is 6.10 Å². The van der Waals surface area contributed by atoms with Crippen LogP contribution >= 0.6 is 0 Å². The maximum absolute atomic E-state index is 12.8. The predicted molar refractivity (Wildman–Crippen MR) is 266 cm³/mol. The van der Waals surface area contributed by atoms with Crippen molar-refractivity contribution in [2.75, 3.05) is 13.2 Å². The molecule has 0 fully saturated rings. The number of ether oxygens (including phenoxy) is 3. The lowest BCUT2D eigenvalue weighted by Gasteiger charge is -2.18. The molecule has 62 heavy (non-hydrogen) atoms. The van der Waals surface area contributed by atoms with Crippen LogP contribution in [0.2, 0.25) is 0 Å². The molecule has 0 radical (unpaired) electrons. The van der Waals surface area contributed by atoms with Crippen molar-refractivity contribution in [2.45, 2.75) is 323 Å². The minimum absolute atomic E-state index is 0.0624. The molecule has 0 aromatic rings. The van der Waals surface area contributed by atoms with Crippen LogP contribution in [-0.4, -0.2) is 37.2 Å². The Morgan fingerprint density at radius 1 is 0.306 bits per heavy atom. The summed E-state index contributed by atoms with van der Waals surface area (Å²) in [5.74, 6) is -0.0314. The van der Waals surface area contributed by atoms with Crippen molar-refractivity contribution >= 4 is 17.9 Å². The number of esters is 3. The third kappa shape index (κ3) is 49.4. The van der Waals surface area contributed by atoms with E-state index in [4.69, 9.17) is 14.2 Å². The Hall–Kier alpha value is -1.59. The van der Waals surface area contributed by atoms with E-state index in [-0.39, 0.29) is 31.1 Å². The molecule has 0 aliphatic rings. The van der Waals surface area contributed by atoms with Crippen molar-refractivity contribution in [1.29, 1.82) is 0 Å². The van der Waals surface area contributed by atoms with Gasteiger partial charge in [0, 0.05) is 19.3 Å². The molecule has 6 nitrogen and oxygen atoms in total. The molecule has 0 saturated heterocycles. The molecule has 0 saturated carbocycles. The molecule has 0 bridgehead atoms. The topological polar surface area (TPSA) is 78.9 Å². The molecule has 0 N–H and O–H groups in total. The Balaban J connectivity index is 4.27. The SMILES string of the molecule is CCCCCCCCCCCCCCCCCCCCC(=O)OC[C@H](COC(=O)CCCCCCCCCCCC(C)C)OC(=O)CCCCCCCCCCCCCCCC. The van der Waals surface area contributed by atoms with Gasteiger partial charge in [-0.2, -0.15) is 0 Å². The standard InChI is InChI=1S/C56H108O6/c1-5-7-9-11-13-15-17-19-21-22-23-24-26-27-31-35-39-43-47-54(57)60-50-53(51-61-55(58)48-44-40-36-33-29-30-34-38-42-46-52(3)4)62-56(59)49-45-41-37-32-28-25-20-18-16-14-12-10-8-6-2/h52-53H,5-51H2,1-4H3/t53-/m1/s1. The van der Waals surface area contributed by atoms with Gasteiger partial charge in [0.2, 0.25) is 0 Å². The molecule has 0 aromatic carbocycles. The van der Waals surface area contributed by atoms with E-state index >= 15 is 0 Å². The zero-order valence-electron chi connectivity index (χ0n) is 42.3. The molecule has 0 rings (SSSR count). The van der Waals surface area contributed by atoms with Crippen LogP contribution in [0.5, 0.6) is 0 Å². The van der Waals surface area contributed by atoms with Crippen LogP contribution in [0.3, 0.4) is 0 Å². The maximum atomic E-state index is 12.8. The lowest BCUT2D eigenvalue weighted by Crippen LogP contribution is -2.30. The molecule has 0 unspecified atom stereocenters. The van der Waals surface area contributed by atoms with Crippen LogP contribution in [0.15, 0.2) is 0 Å². The van der Waals surface area contributed by atoms with Crippen molar-refractivity contribution in [3.05, 3.63) is 0 Å². The van der Waals surface area contributed by atoms with E-state index in [2.05, 4.69) is 27.7 Å². The van der Waals surface area contributed by atoms with Gasteiger partial charge in [0.1, 0.15) is 13.2 Å². The van der Waals surface area contributed by atoms with Crippen molar-refractivity contribution in [2.24, 2.45) is 5.92 Å². The molecule has 368 valence electrons. The van der Waals surface area contributed by atoms with Crippen LogP contribution in [-0.2, 0) is 28.6 Å². The minimum Gasteiger partial charge on any atom is -0.462 e. The van der Waals surface area contributed by atoms with Gasteiger partial charge in [-0.1, -0.05) is 278 Å². The van der Waals surface area contributed by atoms with Crippen molar-refractivity contribution in [3.8, 4) is 0 Å². The molecule has 0 amide bonds. The van der Waals surface area contributed by atoms with Gasteiger partial charge >= 0.3 is 17.9 Å². The van der Waals surface area contributed by atoms with E-state index in [1.165, 1.54) is 212 Å². The Bertz CT molecular complexity index is 933. The smallest absolute Gasteiger partial charge is 0.306 e. The van der Waals surface area contributed by atoms with Gasteiger partial charge in [-0.3, -0.25) is 14.4 Å². The Kier molecular flexibility index (Phi) is 49.1. The minimum atomic E-state index is -0.761. The normalized spacial score (nSPS) is 12.0. The van der Waals surface area contributed by atoms with Gasteiger partial charge in [0.25, 0.3) is 0 Å². The molecular formula is C56H108O6. The first kappa shape index (κ1) is 60.4. The van der Waals surface area contributed by atoms with Crippen LogP contribution in [0.25, 0.3) is 0 Å². The average Bonchev–Trinajstić information content (AvgIpc) is 3.26. The summed E-state index contributed by atoms with van der Waals surface area (Å²) in [7, 11) is 0. The van der Waals surface area contributed by atoms with Crippen LogP contribution < -0.4 is 0 Å². The zero-order valence-corrected chi connectivity index (χ0v) is 42.3. The highest BCUT2D eigenvalue weighted by atomic mass is 16.6. The molecular weight excluding hydrogens is 769 g/mol. The highest BCUT2D eigenvalue weighted by molar-refractivity contribution is 5.71. The van der Waals surface area contributed by atoms with Gasteiger partial charge in [0.15, 0.2) is 6.10 Å². The fourth-order valence-corrected chi connectivity index (χ4v) is 8.57. The van der Waals surface area contributed by atoms with E-state index in [0.717, 1.165) is 63.7 Å². The lowest BCUT2D eigenvalue weighted by atomic mass is 10.0. The summed E-state index contributed by atoms with van der Waals surface area (Å²) in [6.07, 6.45) is 53.8. The largest absolute Gasteiger partial charge is 0.462 e. The number of rotatable bonds is 51. The number of carbonyl (C=O) groups is 3. The summed E-state index contributed by atoms with van der Waals surface area (Å²) in [4.78, 5) is 38.0. The summed E-state index contributed by atoms with van der Waals surface area (Å²) in [6.45, 7) is 9.03. The number of unbranched alkanes of at least 4 members (excludes halogenated alkanes) is 38. The Morgan fingerprint density at radius 2 is 0.532 bits per heavy atom. The summed E-state index contributed by atoms with van der Waals surface area (Å²) in [5.41, 5.74) is 0. The van der Waals surface area contributed by atoms with Crippen LogP contribution in [0.4, 0.5) is 0 Å². The summed E-state index contributed by atoms with van der Waals surface area (Å²) >= 11 is 0. The molecule has 0 aromatic heterocycles. The summed E-state index contributed by atoms with van der Waals surface area (Å²) < 4.78 is 16.9. The van der Waals surface area contributed by atoms with Gasteiger partial charge < -0.3 is 14.2 Å². The fraction of sp³-hybridized carbons (Fsp3) is 0.946. The molecule has 0 spiro atoms. The quantitative estimate of drug-likeness (QED) is 0.0344. The Labute approximate surface area is 387 Å². The van der Waals surface area contributed by atoms with Crippen LogP contribution in [0, 0.1) is 5.92 Å². The third-order valence-corrected chi connectivity index (χ3v) is 12.8. The maximum Gasteiger partial charge on any atom is 0.306 e. The van der Waals surface area contributed by atoms with Gasteiger partial charge in [-0.15, -0.1) is 0 Å². The zero-order chi connectivity index (χ0) is 45.2. The number of hydrogen-bond acceptors (Lipinski definition) is 6. The highest BCUT2D eigenvalue weighted by Crippen LogP contribution is 2.18. The number of hydrogen-bond donors (Lipinski definition) is 0. The van der Waals surface area contributed by atoms with E-state index in [9.17, 15) is 14.4 Å². The molecule has 0 aliphatic carbocycles. The fourth-order valence-electron chi connectivity index (χ4n) is 8.57. The van der Waals surface area contributed by atoms with Crippen LogP contribution in [0.1, 0.15) is 317 Å². The lowest BCUT2D eigenvalue weighted by molar-refractivity contribution is -0.167. The first-order valence-corrected chi connectivity index (χ1v) is 27.9. The van der Waals surface area contributed by atoms with Crippen molar-refractivity contribution in [3.63, 3.8) is 0 Å². The van der Waals surface area contributed by atoms with Crippen molar-refractivity contribution in [1.82, 2.24) is 0 Å². The average molecular weight is 877 g/mol. The van der Waals surface area contributed by atoms with Gasteiger partial charge in [-0.25, -0.2) is 0 Å². The summed E-state index contributed by atoms with van der Waals surface area (Å²) in [5, 5.41) is 0. The first-order valence-electron chi connectivity index (χ1n) is 27.9. The predicted octanol–water partition coefficient (Wildman–Crippen LogP) is 18.2. The Morgan fingerprint density at radius 3 is 0.790 bits per heavy atom. The molecule has 1 atom stereocenters. The first-order chi connectivity index (χ1) is 30.4. The highest BCUT2D eigenvalue weighted by Gasteiger charge is 2.19. The molecule has 0 heterocycles. The van der Waals surface area contributed by atoms with Gasteiger partial charge in [0.05, 0.1) is 0 Å². The second-order valence-electron chi connectivity index (χ2n) is 19.7. The molecule has 6 heteroatoms. The van der Waals surface area contributed by atoms with E-state index in [1.54, 1.807) is 0 Å². The van der Waals surface area contributed by atoms with E-state index in [0.29, 0.717) is 19.3 Å². The van der Waals surface area contributed by atoms with Gasteiger partial charge in [-0.05, 0) is 25.2 Å². The number of carbonyl (C=O) groups excluding carboxylic acids is 3.